The first-order valence-corrected chi connectivity index (χ1v) is 13.5. The first-order valence-electron chi connectivity index (χ1n) is 12.0. The molecule has 36 heavy (non-hydrogen) atoms. The Labute approximate surface area is 211 Å². The quantitative estimate of drug-likeness (QED) is 0.386. The Morgan fingerprint density at radius 3 is 2.31 bits per heavy atom. The Bertz CT molecular complexity index is 1270. The van der Waals surface area contributed by atoms with Gasteiger partial charge in [-0.3, -0.25) is 4.79 Å². The van der Waals surface area contributed by atoms with Gasteiger partial charge in [-0.2, -0.15) is 0 Å². The van der Waals surface area contributed by atoms with E-state index in [9.17, 15) is 17.6 Å². The van der Waals surface area contributed by atoms with Gasteiger partial charge in [-0.1, -0.05) is 36.4 Å². The highest BCUT2D eigenvalue weighted by Gasteiger charge is 2.32. The van der Waals surface area contributed by atoms with Crippen molar-refractivity contribution in [2.45, 2.75) is 42.4 Å². The molecule has 0 spiro atoms. The summed E-state index contributed by atoms with van der Waals surface area (Å²) >= 11 is 0. The molecule has 8 heteroatoms. The van der Waals surface area contributed by atoms with Crippen molar-refractivity contribution < 1.29 is 27.1 Å². The maximum absolute atomic E-state index is 13.2. The van der Waals surface area contributed by atoms with Gasteiger partial charge in [0.25, 0.3) is 0 Å². The smallest absolute Gasteiger partial charge is 0.222 e. The first kappa shape index (κ1) is 25.7. The number of carbonyl (C=O) groups is 1. The predicted molar refractivity (Wildman–Crippen MR) is 135 cm³/mol. The second-order valence-electron chi connectivity index (χ2n) is 8.84. The van der Waals surface area contributed by atoms with E-state index in [1.54, 1.807) is 12.0 Å². The lowest BCUT2D eigenvalue weighted by atomic mass is 10.1. The summed E-state index contributed by atoms with van der Waals surface area (Å²) in [6, 6.07) is 20.4. The summed E-state index contributed by atoms with van der Waals surface area (Å²) < 4.78 is 50.3. The van der Waals surface area contributed by atoms with Crippen molar-refractivity contribution in [1.82, 2.24) is 4.90 Å². The minimum atomic E-state index is -3.55. The molecular weight excluding hydrogens is 481 g/mol. The molecule has 6 nitrogen and oxygen atoms in total. The third-order valence-electron chi connectivity index (χ3n) is 6.47. The molecule has 0 radical (unpaired) electrons. The highest BCUT2D eigenvalue weighted by atomic mass is 32.2. The lowest BCUT2D eigenvalue weighted by Gasteiger charge is -2.32. The van der Waals surface area contributed by atoms with Gasteiger partial charge in [0.1, 0.15) is 12.4 Å². The summed E-state index contributed by atoms with van der Waals surface area (Å²) in [4.78, 5) is 14.7. The van der Waals surface area contributed by atoms with E-state index in [0.29, 0.717) is 56.9 Å². The molecule has 1 aliphatic heterocycles. The fourth-order valence-corrected chi connectivity index (χ4v) is 6.10. The van der Waals surface area contributed by atoms with Crippen LogP contribution in [0.3, 0.4) is 0 Å². The highest BCUT2D eigenvalue weighted by molar-refractivity contribution is 7.92. The number of methoxy groups -OCH3 is 1. The number of sulfone groups is 1. The predicted octanol–water partition coefficient (Wildman–Crippen LogP) is 4.81. The lowest BCUT2D eigenvalue weighted by Crippen LogP contribution is -2.42. The molecular formula is C28H30FNO5S. The molecule has 0 aliphatic carbocycles. The molecule has 1 fully saturated rings. The third kappa shape index (κ3) is 6.23. The van der Waals surface area contributed by atoms with Gasteiger partial charge in [-0.15, -0.1) is 0 Å². The van der Waals surface area contributed by atoms with E-state index in [4.69, 9.17) is 9.47 Å². The lowest BCUT2D eigenvalue weighted by molar-refractivity contribution is -0.132. The number of benzene rings is 3. The van der Waals surface area contributed by atoms with Crippen molar-refractivity contribution >= 4 is 15.7 Å². The SMILES string of the molecule is COc1ccc(CCC(=O)N2CCC(S(=O)(=O)c3ccc(F)cc3)CC2)cc1OCc1ccccc1. The second kappa shape index (κ2) is 11.6. The van der Waals surface area contributed by atoms with Crippen molar-refractivity contribution in [3.05, 3.63) is 89.7 Å². The maximum atomic E-state index is 13.2. The van der Waals surface area contributed by atoms with Crippen molar-refractivity contribution in [2.75, 3.05) is 20.2 Å². The van der Waals surface area contributed by atoms with Gasteiger partial charge in [0.2, 0.25) is 5.91 Å². The van der Waals surface area contributed by atoms with E-state index in [-0.39, 0.29) is 10.8 Å². The Morgan fingerprint density at radius 2 is 1.64 bits per heavy atom. The molecule has 1 heterocycles. The number of carbonyl (C=O) groups excluding carboxylic acids is 1. The normalized spacial score (nSPS) is 14.4. The fraction of sp³-hybridized carbons (Fsp3) is 0.321. The molecule has 0 bridgehead atoms. The van der Waals surface area contributed by atoms with Gasteiger partial charge in [0, 0.05) is 19.5 Å². The van der Waals surface area contributed by atoms with Crippen LogP contribution in [0.1, 0.15) is 30.4 Å². The first-order chi connectivity index (χ1) is 17.4. The Kier molecular flexibility index (Phi) is 8.25. The maximum Gasteiger partial charge on any atom is 0.222 e. The molecule has 0 aromatic heterocycles. The van der Waals surface area contributed by atoms with E-state index in [1.807, 2.05) is 48.5 Å². The largest absolute Gasteiger partial charge is 0.493 e. The molecule has 1 amide bonds. The summed E-state index contributed by atoms with van der Waals surface area (Å²) in [6.45, 7) is 1.19. The zero-order valence-electron chi connectivity index (χ0n) is 20.2. The van der Waals surface area contributed by atoms with Crippen LogP contribution in [0.2, 0.25) is 0 Å². The van der Waals surface area contributed by atoms with E-state index in [1.165, 1.54) is 12.1 Å². The van der Waals surface area contributed by atoms with Crippen LogP contribution in [0.15, 0.2) is 77.7 Å². The molecule has 1 aliphatic rings. The molecule has 1 saturated heterocycles. The number of rotatable bonds is 9. The van der Waals surface area contributed by atoms with Crippen LogP contribution in [0, 0.1) is 5.82 Å². The summed E-state index contributed by atoms with van der Waals surface area (Å²) in [7, 11) is -1.96. The number of hydrogen-bond donors (Lipinski definition) is 0. The minimum absolute atomic E-state index is 0.00444. The number of halogens is 1. The van der Waals surface area contributed by atoms with Gasteiger partial charge >= 0.3 is 0 Å². The number of aryl methyl sites for hydroxylation is 1. The second-order valence-corrected chi connectivity index (χ2v) is 11.1. The average Bonchev–Trinajstić information content (AvgIpc) is 2.91. The van der Waals surface area contributed by atoms with Gasteiger partial charge in [-0.05, 0) is 66.8 Å². The summed E-state index contributed by atoms with van der Waals surface area (Å²) in [5.74, 6) is 0.778. The topological polar surface area (TPSA) is 72.9 Å². The van der Waals surface area contributed by atoms with E-state index in [0.717, 1.165) is 23.3 Å². The molecule has 3 aromatic rings. The van der Waals surface area contributed by atoms with Gasteiger partial charge in [-0.25, -0.2) is 12.8 Å². The molecule has 4 rings (SSSR count). The fourth-order valence-electron chi connectivity index (χ4n) is 4.37. The number of likely N-dealkylation sites (tertiary alicyclic amines) is 1. The Hall–Kier alpha value is -3.39. The van der Waals surface area contributed by atoms with Crippen molar-refractivity contribution in [3.63, 3.8) is 0 Å². The number of ether oxygens (including phenoxy) is 2. The van der Waals surface area contributed by atoms with Crippen LogP contribution >= 0.6 is 0 Å². The van der Waals surface area contributed by atoms with E-state index in [2.05, 4.69) is 0 Å². The zero-order chi connectivity index (χ0) is 25.5. The Balaban J connectivity index is 1.31. The third-order valence-corrected chi connectivity index (χ3v) is 8.75. The van der Waals surface area contributed by atoms with E-state index < -0.39 is 20.9 Å². The average molecular weight is 512 g/mol. The van der Waals surface area contributed by atoms with Crippen LogP contribution in [0.5, 0.6) is 11.5 Å². The Morgan fingerprint density at radius 1 is 0.944 bits per heavy atom. The number of piperidine rings is 1. The minimum Gasteiger partial charge on any atom is -0.493 e. The summed E-state index contributed by atoms with van der Waals surface area (Å²) in [5, 5.41) is -0.571. The van der Waals surface area contributed by atoms with Gasteiger partial charge in [0.05, 0.1) is 17.3 Å². The van der Waals surface area contributed by atoms with Crippen LogP contribution in [0.4, 0.5) is 4.39 Å². The van der Waals surface area contributed by atoms with E-state index >= 15 is 0 Å². The van der Waals surface area contributed by atoms with Crippen LogP contribution in [0.25, 0.3) is 0 Å². The van der Waals surface area contributed by atoms with Gasteiger partial charge < -0.3 is 14.4 Å². The summed E-state index contributed by atoms with van der Waals surface area (Å²) in [5.41, 5.74) is 2.01. The molecule has 0 unspecified atom stereocenters. The van der Waals surface area contributed by atoms with Crippen LogP contribution in [-0.2, 0) is 27.7 Å². The molecule has 0 saturated carbocycles. The zero-order valence-corrected chi connectivity index (χ0v) is 21.0. The molecule has 3 aromatic carbocycles. The number of nitrogens with zero attached hydrogens (tertiary/aromatic N) is 1. The molecule has 0 N–H and O–H groups in total. The van der Waals surface area contributed by atoms with Crippen LogP contribution in [-0.4, -0.2) is 44.7 Å². The van der Waals surface area contributed by atoms with Crippen LogP contribution < -0.4 is 9.47 Å². The standard InChI is InChI=1S/C28H30FNO5S/c1-34-26-13-7-21(19-27(26)35-20-22-5-3-2-4-6-22)8-14-28(31)30-17-15-25(16-18-30)36(32,33)24-11-9-23(29)10-12-24/h2-7,9-13,19,25H,8,14-18,20H2,1H3. The van der Waals surface area contributed by atoms with Crippen molar-refractivity contribution in [3.8, 4) is 11.5 Å². The molecule has 190 valence electrons. The molecule has 0 atom stereocenters. The number of amides is 1. The summed E-state index contributed by atoms with van der Waals surface area (Å²) in [6.07, 6.45) is 1.59. The van der Waals surface area contributed by atoms with Gasteiger partial charge in [0.15, 0.2) is 21.3 Å². The monoisotopic (exact) mass is 511 g/mol. The number of hydrogen-bond acceptors (Lipinski definition) is 5. The highest BCUT2D eigenvalue weighted by Crippen LogP contribution is 2.30. The van der Waals surface area contributed by atoms with Crippen molar-refractivity contribution in [1.29, 1.82) is 0 Å². The van der Waals surface area contributed by atoms with Crippen molar-refractivity contribution in [2.24, 2.45) is 0 Å².